The first-order chi connectivity index (χ1) is 13.9. The summed E-state index contributed by atoms with van der Waals surface area (Å²) in [6, 6.07) is 12.5. The van der Waals surface area contributed by atoms with E-state index < -0.39 is 17.0 Å². The first kappa shape index (κ1) is 20.3. The third-order valence-electron chi connectivity index (χ3n) is 3.95. The minimum absolute atomic E-state index is 0.0741. The van der Waals surface area contributed by atoms with Crippen LogP contribution in [0.1, 0.15) is 13.8 Å². The molecule has 1 heterocycles. The SMILES string of the molecule is CCOC(=O)C(C)Oc1ccc(Oc2nc(Cl)cc3c([N+](=O)[O-])cccc23)cc1. The van der Waals surface area contributed by atoms with E-state index in [-0.39, 0.29) is 23.3 Å². The molecule has 9 heteroatoms. The Morgan fingerprint density at radius 2 is 1.86 bits per heavy atom. The molecular weight excluding hydrogens is 400 g/mol. The van der Waals surface area contributed by atoms with Crippen LogP contribution in [0.15, 0.2) is 48.5 Å². The molecule has 8 nitrogen and oxygen atoms in total. The number of nitro benzene ring substituents is 1. The molecule has 1 aromatic heterocycles. The fraction of sp³-hybridized carbons (Fsp3) is 0.200. The lowest BCUT2D eigenvalue weighted by Crippen LogP contribution is -2.25. The second-order valence-electron chi connectivity index (χ2n) is 5.97. The molecule has 29 heavy (non-hydrogen) atoms. The molecule has 0 aliphatic rings. The molecule has 0 saturated heterocycles. The van der Waals surface area contributed by atoms with Gasteiger partial charge in [0.05, 0.1) is 22.3 Å². The summed E-state index contributed by atoms with van der Waals surface area (Å²) in [7, 11) is 0. The predicted molar refractivity (Wildman–Crippen MR) is 107 cm³/mol. The second kappa shape index (κ2) is 8.74. The Kier molecular flexibility index (Phi) is 6.13. The third kappa shape index (κ3) is 4.72. The Labute approximate surface area is 171 Å². The number of rotatable bonds is 7. The van der Waals surface area contributed by atoms with Gasteiger partial charge in [-0.25, -0.2) is 9.78 Å². The fourth-order valence-corrected chi connectivity index (χ4v) is 2.83. The van der Waals surface area contributed by atoms with Crippen molar-refractivity contribution in [1.82, 2.24) is 4.98 Å². The molecule has 0 spiro atoms. The number of hydrogen-bond donors (Lipinski definition) is 0. The topological polar surface area (TPSA) is 101 Å². The number of ether oxygens (including phenoxy) is 3. The number of nitro groups is 1. The zero-order valence-corrected chi connectivity index (χ0v) is 16.4. The predicted octanol–water partition coefficient (Wildman–Crippen LogP) is 4.92. The molecule has 1 unspecified atom stereocenters. The van der Waals surface area contributed by atoms with Crippen molar-refractivity contribution in [1.29, 1.82) is 0 Å². The van der Waals surface area contributed by atoms with Gasteiger partial charge in [0.1, 0.15) is 16.7 Å². The molecule has 1 atom stereocenters. The quantitative estimate of drug-likeness (QED) is 0.233. The number of carbonyl (C=O) groups excluding carboxylic acids is 1. The van der Waals surface area contributed by atoms with E-state index >= 15 is 0 Å². The molecule has 0 fully saturated rings. The number of fused-ring (bicyclic) bond motifs is 1. The van der Waals surface area contributed by atoms with Gasteiger partial charge in [0, 0.05) is 6.07 Å². The maximum absolute atomic E-state index is 11.6. The second-order valence-corrected chi connectivity index (χ2v) is 6.35. The number of pyridine rings is 1. The molecule has 0 radical (unpaired) electrons. The van der Waals surface area contributed by atoms with Crippen molar-refractivity contribution in [3.05, 3.63) is 63.8 Å². The highest BCUT2D eigenvalue weighted by molar-refractivity contribution is 6.30. The summed E-state index contributed by atoms with van der Waals surface area (Å²) in [6.45, 7) is 3.59. The monoisotopic (exact) mass is 416 g/mol. The van der Waals surface area contributed by atoms with Crippen LogP contribution in [0.5, 0.6) is 17.4 Å². The zero-order valence-electron chi connectivity index (χ0n) is 15.6. The molecule has 0 N–H and O–H groups in total. The van der Waals surface area contributed by atoms with Crippen molar-refractivity contribution in [2.45, 2.75) is 20.0 Å². The molecule has 0 saturated carbocycles. The molecule has 0 bridgehead atoms. The van der Waals surface area contributed by atoms with Gasteiger partial charge in [0.15, 0.2) is 6.10 Å². The fourth-order valence-electron chi connectivity index (χ4n) is 2.65. The number of aromatic nitrogens is 1. The molecule has 0 aliphatic carbocycles. The molecule has 3 rings (SSSR count). The van der Waals surface area contributed by atoms with Crippen molar-refractivity contribution < 1.29 is 23.9 Å². The number of halogens is 1. The van der Waals surface area contributed by atoms with Crippen LogP contribution in [0.3, 0.4) is 0 Å². The van der Waals surface area contributed by atoms with Crippen LogP contribution in [-0.4, -0.2) is 28.6 Å². The minimum Gasteiger partial charge on any atom is -0.479 e. The summed E-state index contributed by atoms with van der Waals surface area (Å²) < 4.78 is 16.2. The smallest absolute Gasteiger partial charge is 0.347 e. The van der Waals surface area contributed by atoms with Crippen LogP contribution in [-0.2, 0) is 9.53 Å². The van der Waals surface area contributed by atoms with Gasteiger partial charge < -0.3 is 14.2 Å². The first-order valence-corrected chi connectivity index (χ1v) is 9.11. The number of non-ortho nitro benzene ring substituents is 1. The highest BCUT2D eigenvalue weighted by atomic mass is 35.5. The van der Waals surface area contributed by atoms with Gasteiger partial charge in [-0.1, -0.05) is 17.7 Å². The van der Waals surface area contributed by atoms with E-state index in [0.29, 0.717) is 22.3 Å². The van der Waals surface area contributed by atoms with E-state index in [9.17, 15) is 14.9 Å². The molecular formula is C20H17ClN2O6. The Hall–Kier alpha value is -3.39. The van der Waals surface area contributed by atoms with Gasteiger partial charge in [0.2, 0.25) is 5.88 Å². The summed E-state index contributed by atoms with van der Waals surface area (Å²) >= 11 is 6.03. The highest BCUT2D eigenvalue weighted by Crippen LogP contribution is 2.35. The van der Waals surface area contributed by atoms with E-state index in [0.717, 1.165) is 0 Å². The molecule has 3 aromatic rings. The third-order valence-corrected chi connectivity index (χ3v) is 4.15. The highest BCUT2D eigenvalue weighted by Gasteiger charge is 2.18. The van der Waals surface area contributed by atoms with Gasteiger partial charge in [-0.3, -0.25) is 10.1 Å². The summed E-state index contributed by atoms with van der Waals surface area (Å²) in [6.07, 6.45) is -0.749. The van der Waals surface area contributed by atoms with Gasteiger partial charge in [0.25, 0.3) is 5.69 Å². The minimum atomic E-state index is -0.749. The average Bonchev–Trinajstić information content (AvgIpc) is 2.69. The van der Waals surface area contributed by atoms with E-state index in [1.54, 1.807) is 50.2 Å². The van der Waals surface area contributed by atoms with Crippen LogP contribution in [0.2, 0.25) is 5.15 Å². The maximum atomic E-state index is 11.6. The van der Waals surface area contributed by atoms with Gasteiger partial charge in [-0.15, -0.1) is 0 Å². The summed E-state index contributed by atoms with van der Waals surface area (Å²) in [5.41, 5.74) is -0.0895. The van der Waals surface area contributed by atoms with E-state index in [1.165, 1.54) is 12.1 Å². The molecule has 0 amide bonds. The maximum Gasteiger partial charge on any atom is 0.347 e. The van der Waals surface area contributed by atoms with Crippen molar-refractivity contribution in [3.8, 4) is 17.4 Å². The van der Waals surface area contributed by atoms with Crippen LogP contribution >= 0.6 is 11.6 Å². The normalized spacial score (nSPS) is 11.7. The largest absolute Gasteiger partial charge is 0.479 e. The number of hydrogen-bond acceptors (Lipinski definition) is 7. The van der Waals surface area contributed by atoms with Crippen LogP contribution in [0, 0.1) is 10.1 Å². The lowest BCUT2D eigenvalue weighted by molar-refractivity contribution is -0.383. The first-order valence-electron chi connectivity index (χ1n) is 8.74. The van der Waals surface area contributed by atoms with Crippen LogP contribution in [0.25, 0.3) is 10.8 Å². The number of nitrogens with zero attached hydrogens (tertiary/aromatic N) is 2. The van der Waals surface area contributed by atoms with Gasteiger partial charge >= 0.3 is 5.97 Å². The van der Waals surface area contributed by atoms with Crippen LogP contribution in [0.4, 0.5) is 5.69 Å². The van der Waals surface area contributed by atoms with E-state index in [4.69, 9.17) is 25.8 Å². The van der Waals surface area contributed by atoms with Crippen LogP contribution < -0.4 is 9.47 Å². The lowest BCUT2D eigenvalue weighted by Gasteiger charge is -2.14. The molecule has 0 aliphatic heterocycles. The van der Waals surface area contributed by atoms with Crippen molar-refractivity contribution in [2.75, 3.05) is 6.61 Å². The van der Waals surface area contributed by atoms with Gasteiger partial charge in [-0.2, -0.15) is 0 Å². The summed E-state index contributed by atoms with van der Waals surface area (Å²) in [4.78, 5) is 26.6. The van der Waals surface area contributed by atoms with Crippen molar-refractivity contribution in [2.24, 2.45) is 0 Å². The number of carbonyl (C=O) groups is 1. The molecule has 2 aromatic carbocycles. The lowest BCUT2D eigenvalue weighted by atomic mass is 10.1. The van der Waals surface area contributed by atoms with Crippen molar-refractivity contribution in [3.63, 3.8) is 0 Å². The Bertz CT molecular complexity index is 1050. The standard InChI is InChI=1S/C20H17ClN2O6/c1-3-27-20(24)12(2)28-13-7-9-14(10-8-13)29-19-15-5-4-6-17(23(25)26)16(15)11-18(21)22-19/h4-12H,3H2,1-2H3. The Morgan fingerprint density at radius 1 is 1.17 bits per heavy atom. The van der Waals surface area contributed by atoms with E-state index in [1.807, 2.05) is 0 Å². The Morgan fingerprint density at radius 3 is 2.52 bits per heavy atom. The average molecular weight is 417 g/mol. The molecule has 150 valence electrons. The zero-order chi connectivity index (χ0) is 21.0. The number of esters is 1. The summed E-state index contributed by atoms with van der Waals surface area (Å²) in [5, 5.41) is 12.1. The Balaban J connectivity index is 1.83. The summed E-state index contributed by atoms with van der Waals surface area (Å²) in [5.74, 6) is 0.565. The van der Waals surface area contributed by atoms with Crippen molar-refractivity contribution >= 4 is 34.0 Å². The number of benzene rings is 2. The van der Waals surface area contributed by atoms with Gasteiger partial charge in [-0.05, 0) is 50.2 Å². The van der Waals surface area contributed by atoms with E-state index in [2.05, 4.69) is 4.98 Å².